The molecule has 19 heavy (non-hydrogen) atoms. The molecular weight excluding hydrogens is 264 g/mol. The van der Waals surface area contributed by atoms with E-state index in [0.29, 0.717) is 5.95 Å². The van der Waals surface area contributed by atoms with E-state index in [9.17, 15) is 0 Å². The van der Waals surface area contributed by atoms with Gasteiger partial charge >= 0.3 is 6.01 Å². The van der Waals surface area contributed by atoms with Crippen LogP contribution in [0.2, 0.25) is 0 Å². The first-order valence-electron chi connectivity index (χ1n) is 5.73. The van der Waals surface area contributed by atoms with Gasteiger partial charge < -0.3 is 9.64 Å². The minimum Gasteiger partial charge on any atom is -0.467 e. The molecule has 7 nitrogen and oxygen atoms in total. The Morgan fingerprint density at radius 3 is 2.89 bits per heavy atom. The summed E-state index contributed by atoms with van der Waals surface area (Å²) < 4.78 is 5.02. The molecule has 0 saturated heterocycles. The van der Waals surface area contributed by atoms with Crippen LogP contribution < -0.4 is 20.9 Å². The lowest BCUT2D eigenvalue weighted by atomic mass is 10.3. The molecule has 0 unspecified atom stereocenters. The van der Waals surface area contributed by atoms with Gasteiger partial charge in [-0.25, -0.2) is 5.84 Å². The van der Waals surface area contributed by atoms with E-state index in [1.165, 1.54) is 12.0 Å². The topological polar surface area (TPSA) is 89.2 Å². The summed E-state index contributed by atoms with van der Waals surface area (Å²) >= 11 is 1.74. The first kappa shape index (κ1) is 13.5. The monoisotopic (exact) mass is 280 g/mol. The van der Waals surface area contributed by atoms with Crippen molar-refractivity contribution < 1.29 is 4.74 Å². The van der Waals surface area contributed by atoms with Gasteiger partial charge in [0.25, 0.3) is 0 Å². The van der Waals surface area contributed by atoms with Crippen molar-refractivity contribution in [1.29, 1.82) is 0 Å². The summed E-state index contributed by atoms with van der Waals surface area (Å²) in [6.45, 7) is 0.803. The van der Waals surface area contributed by atoms with Gasteiger partial charge in [-0.3, -0.25) is 5.43 Å². The second kappa shape index (κ2) is 6.30. The molecule has 2 heterocycles. The van der Waals surface area contributed by atoms with E-state index in [0.717, 1.165) is 13.0 Å². The molecule has 0 aromatic carbocycles. The van der Waals surface area contributed by atoms with Gasteiger partial charge in [0.15, 0.2) is 0 Å². The van der Waals surface area contributed by atoms with Gasteiger partial charge in [0.1, 0.15) is 0 Å². The molecule has 0 amide bonds. The van der Waals surface area contributed by atoms with Gasteiger partial charge in [-0.1, -0.05) is 6.07 Å². The fourth-order valence-electron chi connectivity index (χ4n) is 1.51. The average molecular weight is 280 g/mol. The molecule has 0 spiro atoms. The van der Waals surface area contributed by atoms with Crippen molar-refractivity contribution in [3.05, 3.63) is 22.4 Å². The van der Waals surface area contributed by atoms with E-state index in [2.05, 4.69) is 31.8 Å². The van der Waals surface area contributed by atoms with Crippen LogP contribution in [0.5, 0.6) is 6.01 Å². The summed E-state index contributed by atoms with van der Waals surface area (Å²) in [7, 11) is 3.42. The van der Waals surface area contributed by atoms with Crippen LogP contribution in [0.25, 0.3) is 0 Å². The number of anilines is 2. The van der Waals surface area contributed by atoms with Crippen LogP contribution in [0.1, 0.15) is 4.88 Å². The lowest BCUT2D eigenvalue weighted by molar-refractivity contribution is 0.379. The Kier molecular flexibility index (Phi) is 4.48. The zero-order valence-corrected chi connectivity index (χ0v) is 11.6. The van der Waals surface area contributed by atoms with Crippen LogP contribution in [-0.2, 0) is 6.42 Å². The molecule has 0 fully saturated rings. The van der Waals surface area contributed by atoms with Crippen LogP contribution in [0.4, 0.5) is 11.9 Å². The summed E-state index contributed by atoms with van der Waals surface area (Å²) in [5.41, 5.74) is 2.40. The Bertz CT molecular complexity index is 496. The Balaban J connectivity index is 2.07. The highest BCUT2D eigenvalue weighted by Crippen LogP contribution is 2.15. The predicted molar refractivity (Wildman–Crippen MR) is 75.5 cm³/mol. The van der Waals surface area contributed by atoms with Gasteiger partial charge in [0.05, 0.1) is 7.11 Å². The normalized spacial score (nSPS) is 10.3. The molecule has 0 radical (unpaired) electrons. The zero-order valence-electron chi connectivity index (χ0n) is 10.8. The predicted octanol–water partition coefficient (Wildman–Crippen LogP) is 0.906. The molecule has 0 aliphatic heterocycles. The SMILES string of the molecule is COc1nc(NN)nc(N(C)CCc2cccs2)n1. The molecule has 102 valence electrons. The average Bonchev–Trinajstić information content (AvgIpc) is 2.97. The highest BCUT2D eigenvalue weighted by molar-refractivity contribution is 7.09. The number of likely N-dealkylation sites (N-methyl/N-ethyl adjacent to an activating group) is 1. The number of nitrogens with two attached hydrogens (primary N) is 1. The molecule has 8 heteroatoms. The highest BCUT2D eigenvalue weighted by Gasteiger charge is 2.10. The third-order valence-electron chi connectivity index (χ3n) is 2.53. The van der Waals surface area contributed by atoms with Crippen LogP contribution in [-0.4, -0.2) is 35.7 Å². The third-order valence-corrected chi connectivity index (χ3v) is 3.47. The summed E-state index contributed by atoms with van der Waals surface area (Å²) in [5, 5.41) is 2.07. The number of thiophene rings is 1. The van der Waals surface area contributed by atoms with Crippen molar-refractivity contribution in [2.75, 3.05) is 31.0 Å². The highest BCUT2D eigenvalue weighted by atomic mass is 32.1. The fourth-order valence-corrected chi connectivity index (χ4v) is 2.20. The number of rotatable bonds is 6. The standard InChI is InChI=1S/C11H16N6OS/c1-17(6-5-8-4-3-7-19-8)10-13-9(16-12)14-11(15-10)18-2/h3-4,7H,5-6,12H2,1-2H3,(H,13,14,15,16). The minimum atomic E-state index is 0.237. The number of ether oxygens (including phenoxy) is 1. The fraction of sp³-hybridized carbons (Fsp3) is 0.364. The number of nitrogens with one attached hydrogen (secondary N) is 1. The van der Waals surface area contributed by atoms with E-state index < -0.39 is 0 Å². The first-order chi connectivity index (χ1) is 9.22. The van der Waals surface area contributed by atoms with Gasteiger partial charge in [0.2, 0.25) is 11.9 Å². The van der Waals surface area contributed by atoms with E-state index >= 15 is 0 Å². The molecule has 0 aliphatic rings. The molecule has 2 aromatic heterocycles. The maximum absolute atomic E-state index is 5.32. The molecule has 0 atom stereocenters. The lowest BCUT2D eigenvalue weighted by Gasteiger charge is -2.17. The van der Waals surface area contributed by atoms with Crippen molar-refractivity contribution in [3.63, 3.8) is 0 Å². The molecule has 0 bridgehead atoms. The molecule has 2 rings (SSSR count). The summed E-state index contributed by atoms with van der Waals surface area (Å²) in [6, 6.07) is 4.39. The van der Waals surface area contributed by atoms with Crippen LogP contribution in [0.15, 0.2) is 17.5 Å². The van der Waals surface area contributed by atoms with Crippen LogP contribution >= 0.6 is 11.3 Å². The largest absolute Gasteiger partial charge is 0.467 e. The molecule has 0 saturated carbocycles. The van der Waals surface area contributed by atoms with Gasteiger partial charge in [-0.05, 0) is 17.9 Å². The zero-order chi connectivity index (χ0) is 13.7. The molecule has 2 aromatic rings. The molecular formula is C11H16N6OS. The second-order valence-electron chi connectivity index (χ2n) is 3.84. The summed E-state index contributed by atoms with van der Waals surface area (Å²) in [5.74, 6) is 6.13. The first-order valence-corrected chi connectivity index (χ1v) is 6.61. The van der Waals surface area contributed by atoms with Gasteiger partial charge in [0, 0.05) is 18.5 Å². The Labute approximate surface area is 115 Å². The molecule has 0 aliphatic carbocycles. The smallest absolute Gasteiger partial charge is 0.322 e. The van der Waals surface area contributed by atoms with E-state index in [1.807, 2.05) is 18.0 Å². The Hall–Kier alpha value is -1.93. The van der Waals surface area contributed by atoms with Crippen molar-refractivity contribution in [1.82, 2.24) is 15.0 Å². The van der Waals surface area contributed by atoms with E-state index in [-0.39, 0.29) is 12.0 Å². The van der Waals surface area contributed by atoms with E-state index in [4.69, 9.17) is 10.6 Å². The van der Waals surface area contributed by atoms with E-state index in [1.54, 1.807) is 11.3 Å². The minimum absolute atomic E-state index is 0.237. The van der Waals surface area contributed by atoms with Gasteiger partial charge in [-0.2, -0.15) is 15.0 Å². The number of nitrogen functional groups attached to an aromatic ring is 1. The number of hydrazine groups is 1. The maximum atomic E-state index is 5.32. The second-order valence-corrected chi connectivity index (χ2v) is 4.87. The number of aromatic nitrogens is 3. The summed E-state index contributed by atoms with van der Waals surface area (Å²) in [4.78, 5) is 15.6. The van der Waals surface area contributed by atoms with Crippen LogP contribution in [0.3, 0.4) is 0 Å². The Morgan fingerprint density at radius 1 is 1.42 bits per heavy atom. The number of hydrogen-bond donors (Lipinski definition) is 2. The summed E-state index contributed by atoms with van der Waals surface area (Å²) in [6.07, 6.45) is 0.938. The number of nitrogens with zero attached hydrogens (tertiary/aromatic N) is 4. The van der Waals surface area contributed by atoms with Crippen molar-refractivity contribution >= 4 is 23.2 Å². The maximum Gasteiger partial charge on any atom is 0.322 e. The van der Waals surface area contributed by atoms with Crippen molar-refractivity contribution in [3.8, 4) is 6.01 Å². The molecule has 3 N–H and O–H groups in total. The van der Waals surface area contributed by atoms with Crippen LogP contribution in [0, 0.1) is 0 Å². The quantitative estimate of drug-likeness (QED) is 0.600. The van der Waals surface area contributed by atoms with Crippen molar-refractivity contribution in [2.45, 2.75) is 6.42 Å². The third kappa shape index (κ3) is 3.52. The van der Waals surface area contributed by atoms with Crippen molar-refractivity contribution in [2.24, 2.45) is 5.84 Å². The number of methoxy groups -OCH3 is 1. The Morgan fingerprint density at radius 2 is 2.26 bits per heavy atom. The lowest BCUT2D eigenvalue weighted by Crippen LogP contribution is -2.24. The van der Waals surface area contributed by atoms with Gasteiger partial charge in [-0.15, -0.1) is 11.3 Å². The number of hydrogen-bond acceptors (Lipinski definition) is 8.